The van der Waals surface area contributed by atoms with E-state index in [9.17, 15) is 4.79 Å². The highest BCUT2D eigenvalue weighted by molar-refractivity contribution is 5.78. The quantitative estimate of drug-likeness (QED) is 0.373. The van der Waals surface area contributed by atoms with Gasteiger partial charge in [0, 0.05) is 25.1 Å². The van der Waals surface area contributed by atoms with E-state index >= 15 is 0 Å². The number of para-hydroxylation sites is 1. The predicted molar refractivity (Wildman–Crippen MR) is 103 cm³/mol. The van der Waals surface area contributed by atoms with Crippen LogP contribution in [0.3, 0.4) is 0 Å². The second-order valence-electron chi connectivity index (χ2n) is 6.69. The van der Waals surface area contributed by atoms with Crippen LogP contribution in [0.5, 0.6) is 5.75 Å². The summed E-state index contributed by atoms with van der Waals surface area (Å²) in [5.41, 5.74) is 7.48. The summed E-state index contributed by atoms with van der Waals surface area (Å²) in [6.07, 6.45) is 3.16. The van der Waals surface area contributed by atoms with Crippen molar-refractivity contribution in [3.63, 3.8) is 0 Å². The number of hydrogen-bond acceptors (Lipinski definition) is 3. The number of rotatable bonds is 5. The Morgan fingerprint density at radius 1 is 1.08 bits per heavy atom. The van der Waals surface area contributed by atoms with Crippen molar-refractivity contribution in [3.05, 3.63) is 54.6 Å². The first kappa shape index (κ1) is 18.0. The number of carbonyl (C=O) groups excluding carboxylic acids is 1. The van der Waals surface area contributed by atoms with E-state index in [2.05, 4.69) is 0 Å². The Bertz CT molecular complexity index is 753. The van der Waals surface area contributed by atoms with Gasteiger partial charge in [0.15, 0.2) is 5.96 Å². The Hall–Kier alpha value is -2.82. The number of nitrogens with zero attached hydrogens (tertiary/aromatic N) is 1. The molecule has 0 aromatic heterocycles. The fourth-order valence-corrected chi connectivity index (χ4v) is 3.37. The summed E-state index contributed by atoms with van der Waals surface area (Å²) in [6, 6.07) is 17.6. The molecule has 0 saturated carbocycles. The first-order chi connectivity index (χ1) is 12.6. The van der Waals surface area contributed by atoms with Gasteiger partial charge in [-0.15, -0.1) is 0 Å². The van der Waals surface area contributed by atoms with Crippen LogP contribution < -0.4 is 10.5 Å². The number of guanidine groups is 1. The van der Waals surface area contributed by atoms with Crippen molar-refractivity contribution in [1.82, 2.24) is 4.90 Å². The number of hydrogen-bond donors (Lipinski definition) is 2. The number of nitrogens with one attached hydrogen (secondary N) is 1. The van der Waals surface area contributed by atoms with E-state index in [4.69, 9.17) is 15.9 Å². The van der Waals surface area contributed by atoms with Crippen LogP contribution >= 0.6 is 0 Å². The van der Waals surface area contributed by atoms with Crippen LogP contribution in [0.1, 0.15) is 25.7 Å². The molecule has 0 radical (unpaired) electrons. The van der Waals surface area contributed by atoms with E-state index in [1.807, 2.05) is 59.5 Å². The monoisotopic (exact) mass is 351 g/mol. The topological polar surface area (TPSA) is 79.4 Å². The van der Waals surface area contributed by atoms with E-state index in [0.717, 1.165) is 43.5 Å². The minimum absolute atomic E-state index is 0.139. The lowest BCUT2D eigenvalue weighted by Gasteiger charge is -2.31. The lowest BCUT2D eigenvalue weighted by atomic mass is 9.92. The lowest BCUT2D eigenvalue weighted by Crippen LogP contribution is -2.42. The van der Waals surface area contributed by atoms with Crippen LogP contribution in [0.15, 0.2) is 54.6 Å². The fourth-order valence-electron chi connectivity index (χ4n) is 3.37. The van der Waals surface area contributed by atoms with Gasteiger partial charge >= 0.3 is 5.97 Å². The number of piperidine rings is 1. The van der Waals surface area contributed by atoms with Crippen molar-refractivity contribution in [2.24, 2.45) is 11.7 Å². The molecule has 26 heavy (non-hydrogen) atoms. The van der Waals surface area contributed by atoms with Crippen LogP contribution in [0.25, 0.3) is 11.1 Å². The highest BCUT2D eigenvalue weighted by Gasteiger charge is 2.21. The molecule has 3 rings (SSSR count). The van der Waals surface area contributed by atoms with Crippen molar-refractivity contribution >= 4 is 11.9 Å². The smallest absolute Gasteiger partial charge is 0.311 e. The van der Waals surface area contributed by atoms with Gasteiger partial charge in [-0.1, -0.05) is 48.5 Å². The molecule has 136 valence electrons. The summed E-state index contributed by atoms with van der Waals surface area (Å²) in [5, 5.41) is 7.47. The van der Waals surface area contributed by atoms with Gasteiger partial charge in [-0.3, -0.25) is 10.2 Å². The van der Waals surface area contributed by atoms with E-state index in [0.29, 0.717) is 18.1 Å². The maximum atomic E-state index is 12.3. The van der Waals surface area contributed by atoms with Crippen LogP contribution in [0.4, 0.5) is 0 Å². The Morgan fingerprint density at radius 3 is 2.42 bits per heavy atom. The normalized spacial score (nSPS) is 14.8. The average molecular weight is 351 g/mol. The summed E-state index contributed by atoms with van der Waals surface area (Å²) in [6.45, 7) is 1.60. The summed E-state index contributed by atoms with van der Waals surface area (Å²) in [4.78, 5) is 14.2. The standard InChI is InChI=1S/C21H25N3O2/c22-21(23)24-14-12-16(13-15-24)10-11-20(25)26-19-9-5-4-8-18(19)17-6-2-1-3-7-17/h1-9,16H,10-15H2,(H3,22,23). The second-order valence-corrected chi connectivity index (χ2v) is 6.69. The lowest BCUT2D eigenvalue weighted by molar-refractivity contribution is -0.134. The molecule has 0 unspecified atom stereocenters. The maximum absolute atomic E-state index is 12.3. The highest BCUT2D eigenvalue weighted by atomic mass is 16.5. The molecule has 1 saturated heterocycles. The summed E-state index contributed by atoms with van der Waals surface area (Å²) >= 11 is 0. The van der Waals surface area contributed by atoms with E-state index < -0.39 is 0 Å². The molecule has 3 N–H and O–H groups in total. The maximum Gasteiger partial charge on any atom is 0.311 e. The van der Waals surface area contributed by atoms with Crippen LogP contribution in [0.2, 0.25) is 0 Å². The van der Waals surface area contributed by atoms with Gasteiger partial charge in [0.1, 0.15) is 5.75 Å². The Kier molecular flexibility index (Phi) is 5.89. The van der Waals surface area contributed by atoms with E-state index in [-0.39, 0.29) is 11.9 Å². The third kappa shape index (κ3) is 4.63. The molecule has 1 heterocycles. The van der Waals surface area contributed by atoms with Crippen LogP contribution in [0, 0.1) is 11.3 Å². The summed E-state index contributed by atoms with van der Waals surface area (Å²) < 4.78 is 5.65. The first-order valence-corrected chi connectivity index (χ1v) is 9.07. The molecule has 2 aromatic rings. The van der Waals surface area contributed by atoms with E-state index in [1.165, 1.54) is 0 Å². The molecule has 1 aliphatic heterocycles. The molecule has 2 aromatic carbocycles. The van der Waals surface area contributed by atoms with Crippen molar-refractivity contribution < 1.29 is 9.53 Å². The van der Waals surface area contributed by atoms with Gasteiger partial charge in [0.2, 0.25) is 0 Å². The van der Waals surface area contributed by atoms with Crippen molar-refractivity contribution in [2.75, 3.05) is 13.1 Å². The largest absolute Gasteiger partial charge is 0.426 e. The van der Waals surface area contributed by atoms with Crippen LogP contribution in [-0.4, -0.2) is 29.9 Å². The molecular weight excluding hydrogens is 326 g/mol. The second kappa shape index (κ2) is 8.52. The Labute approximate surface area is 154 Å². The fraction of sp³-hybridized carbons (Fsp3) is 0.333. The van der Waals surface area contributed by atoms with Gasteiger partial charge in [0.25, 0.3) is 0 Å². The molecule has 0 amide bonds. The van der Waals surface area contributed by atoms with Gasteiger partial charge < -0.3 is 15.4 Å². The number of likely N-dealkylation sites (tertiary alicyclic amines) is 1. The average Bonchev–Trinajstić information content (AvgIpc) is 2.68. The number of carbonyl (C=O) groups is 1. The number of esters is 1. The summed E-state index contributed by atoms with van der Waals surface area (Å²) in [5.74, 6) is 1.04. The zero-order chi connectivity index (χ0) is 18.4. The Morgan fingerprint density at radius 2 is 1.73 bits per heavy atom. The van der Waals surface area contributed by atoms with Gasteiger partial charge in [-0.25, -0.2) is 0 Å². The zero-order valence-corrected chi connectivity index (χ0v) is 14.9. The molecule has 0 bridgehead atoms. The zero-order valence-electron chi connectivity index (χ0n) is 14.9. The minimum atomic E-state index is -0.192. The SMILES string of the molecule is N=C(N)N1CCC(CCC(=O)Oc2ccccc2-c2ccccc2)CC1. The Balaban J connectivity index is 1.54. The van der Waals surface area contributed by atoms with Crippen molar-refractivity contribution in [2.45, 2.75) is 25.7 Å². The van der Waals surface area contributed by atoms with Crippen LogP contribution in [-0.2, 0) is 4.79 Å². The molecule has 0 atom stereocenters. The molecule has 1 fully saturated rings. The van der Waals surface area contributed by atoms with Gasteiger partial charge in [-0.2, -0.15) is 0 Å². The molecule has 0 aliphatic carbocycles. The van der Waals surface area contributed by atoms with Crippen molar-refractivity contribution in [3.8, 4) is 16.9 Å². The predicted octanol–water partition coefficient (Wildman–Crippen LogP) is 3.64. The molecular formula is C21H25N3O2. The molecule has 0 spiro atoms. The molecule has 5 heteroatoms. The highest BCUT2D eigenvalue weighted by Crippen LogP contribution is 2.30. The third-order valence-electron chi connectivity index (χ3n) is 4.91. The third-order valence-corrected chi connectivity index (χ3v) is 4.91. The minimum Gasteiger partial charge on any atom is -0.426 e. The number of nitrogens with two attached hydrogens (primary N) is 1. The van der Waals surface area contributed by atoms with Gasteiger partial charge in [0.05, 0.1) is 0 Å². The molecule has 1 aliphatic rings. The van der Waals surface area contributed by atoms with Crippen molar-refractivity contribution in [1.29, 1.82) is 5.41 Å². The summed E-state index contributed by atoms with van der Waals surface area (Å²) in [7, 11) is 0. The molecule has 5 nitrogen and oxygen atoms in total. The first-order valence-electron chi connectivity index (χ1n) is 9.07. The number of ether oxygens (including phenoxy) is 1. The van der Waals surface area contributed by atoms with Gasteiger partial charge in [-0.05, 0) is 36.8 Å². The number of benzene rings is 2. The van der Waals surface area contributed by atoms with E-state index in [1.54, 1.807) is 0 Å².